The van der Waals surface area contributed by atoms with Crippen LogP contribution in [0, 0.1) is 6.92 Å². The van der Waals surface area contributed by atoms with Crippen molar-refractivity contribution in [2.75, 3.05) is 6.61 Å². The maximum absolute atomic E-state index is 5.80. The van der Waals surface area contributed by atoms with Crippen LogP contribution in [0.2, 0.25) is 0 Å². The lowest BCUT2D eigenvalue weighted by atomic mass is 9.95. The summed E-state index contributed by atoms with van der Waals surface area (Å²) in [6.07, 6.45) is 0. The van der Waals surface area contributed by atoms with Gasteiger partial charge in [-0.05, 0) is 37.1 Å². The van der Waals surface area contributed by atoms with Gasteiger partial charge in [0.2, 0.25) is 0 Å². The van der Waals surface area contributed by atoms with E-state index in [2.05, 4.69) is 34.3 Å². The van der Waals surface area contributed by atoms with Gasteiger partial charge in [0.25, 0.3) is 0 Å². The van der Waals surface area contributed by atoms with Gasteiger partial charge in [0.15, 0.2) is 0 Å². The molecule has 0 saturated heterocycles. The Kier molecular flexibility index (Phi) is 5.17. The molecule has 0 amide bonds. The number of hydrogen-bond acceptors (Lipinski definition) is 3. The van der Waals surface area contributed by atoms with Crippen LogP contribution in [0.4, 0.5) is 0 Å². The fourth-order valence-electron chi connectivity index (χ4n) is 2.29. The Morgan fingerprint density at radius 1 is 1.15 bits per heavy atom. The zero-order chi connectivity index (χ0) is 14.5. The van der Waals surface area contributed by atoms with Crippen LogP contribution in [0.5, 0.6) is 5.75 Å². The summed E-state index contributed by atoms with van der Waals surface area (Å²) in [4.78, 5) is 0. The molecule has 3 nitrogen and oxygen atoms in total. The fourth-order valence-corrected chi connectivity index (χ4v) is 2.67. The molecule has 3 N–H and O–H groups in total. The van der Waals surface area contributed by atoms with Crippen molar-refractivity contribution in [2.24, 2.45) is 5.84 Å². The molecule has 0 bridgehead atoms. The van der Waals surface area contributed by atoms with E-state index in [1.807, 2.05) is 43.3 Å². The number of para-hydroxylation sites is 1. The smallest absolute Gasteiger partial charge is 0.124 e. The van der Waals surface area contributed by atoms with Crippen LogP contribution >= 0.6 is 15.9 Å². The molecule has 0 aliphatic heterocycles. The lowest BCUT2D eigenvalue weighted by molar-refractivity contribution is 0.333. The van der Waals surface area contributed by atoms with E-state index >= 15 is 0 Å². The van der Waals surface area contributed by atoms with Crippen molar-refractivity contribution in [2.45, 2.75) is 19.9 Å². The zero-order valence-electron chi connectivity index (χ0n) is 11.7. The Balaban J connectivity index is 2.50. The molecular weight excluding hydrogens is 316 g/mol. The lowest BCUT2D eigenvalue weighted by Gasteiger charge is -2.22. The van der Waals surface area contributed by atoms with E-state index < -0.39 is 0 Å². The maximum atomic E-state index is 5.80. The van der Waals surface area contributed by atoms with Crippen molar-refractivity contribution < 1.29 is 4.74 Å². The Morgan fingerprint density at radius 3 is 2.55 bits per heavy atom. The molecule has 2 rings (SSSR count). The largest absolute Gasteiger partial charge is 0.494 e. The van der Waals surface area contributed by atoms with E-state index in [1.165, 1.54) is 5.56 Å². The first kappa shape index (κ1) is 15.0. The first-order valence-corrected chi connectivity index (χ1v) is 7.41. The molecule has 0 heterocycles. The van der Waals surface area contributed by atoms with Gasteiger partial charge in [0.05, 0.1) is 12.6 Å². The molecule has 4 heteroatoms. The summed E-state index contributed by atoms with van der Waals surface area (Å²) >= 11 is 3.57. The number of halogens is 1. The molecule has 1 unspecified atom stereocenters. The van der Waals surface area contributed by atoms with Gasteiger partial charge in [-0.2, -0.15) is 0 Å². The number of hydrazine groups is 1. The van der Waals surface area contributed by atoms with Crippen LogP contribution in [-0.2, 0) is 0 Å². The summed E-state index contributed by atoms with van der Waals surface area (Å²) < 4.78 is 6.78. The van der Waals surface area contributed by atoms with Gasteiger partial charge in [-0.25, -0.2) is 5.43 Å². The van der Waals surface area contributed by atoms with Crippen molar-refractivity contribution in [1.29, 1.82) is 0 Å². The molecule has 2 aromatic rings. The standard InChI is InChI=1S/C16H19BrN2O/c1-3-20-15-10-5-4-7-13(15)16(19-18)12-8-6-9-14(17)11(12)2/h4-10,16,19H,3,18H2,1-2H3. The predicted octanol–water partition coefficient (Wildman–Crippen LogP) is 3.71. The number of nitrogens with two attached hydrogens (primary N) is 1. The van der Waals surface area contributed by atoms with Gasteiger partial charge in [-0.3, -0.25) is 5.84 Å². The number of ether oxygens (including phenoxy) is 1. The van der Waals surface area contributed by atoms with Gasteiger partial charge in [-0.15, -0.1) is 0 Å². The van der Waals surface area contributed by atoms with Gasteiger partial charge >= 0.3 is 0 Å². The summed E-state index contributed by atoms with van der Waals surface area (Å²) in [7, 11) is 0. The highest BCUT2D eigenvalue weighted by Crippen LogP contribution is 2.33. The average molecular weight is 335 g/mol. The Morgan fingerprint density at radius 2 is 1.85 bits per heavy atom. The third kappa shape index (κ3) is 3.03. The highest BCUT2D eigenvalue weighted by molar-refractivity contribution is 9.10. The van der Waals surface area contributed by atoms with Crippen molar-refractivity contribution in [3.05, 3.63) is 63.6 Å². The second-order valence-corrected chi connectivity index (χ2v) is 5.38. The predicted molar refractivity (Wildman–Crippen MR) is 85.7 cm³/mol. The third-order valence-electron chi connectivity index (χ3n) is 3.32. The SMILES string of the molecule is CCOc1ccccc1C(NN)c1cccc(Br)c1C. The van der Waals surface area contributed by atoms with Crippen LogP contribution in [-0.4, -0.2) is 6.61 Å². The Hall–Kier alpha value is -1.36. The maximum Gasteiger partial charge on any atom is 0.124 e. The van der Waals surface area contributed by atoms with E-state index in [4.69, 9.17) is 10.6 Å². The monoisotopic (exact) mass is 334 g/mol. The summed E-state index contributed by atoms with van der Waals surface area (Å²) in [5.74, 6) is 6.66. The van der Waals surface area contributed by atoms with Gasteiger partial charge in [-0.1, -0.05) is 46.3 Å². The zero-order valence-corrected chi connectivity index (χ0v) is 13.3. The molecule has 0 fully saturated rings. The first-order valence-electron chi connectivity index (χ1n) is 6.61. The summed E-state index contributed by atoms with van der Waals surface area (Å²) in [6.45, 7) is 4.69. The fraction of sp³-hybridized carbons (Fsp3) is 0.250. The highest BCUT2D eigenvalue weighted by Gasteiger charge is 2.19. The molecule has 106 valence electrons. The molecular formula is C16H19BrN2O. The van der Waals surface area contributed by atoms with Crippen LogP contribution in [0.25, 0.3) is 0 Å². The Labute approximate surface area is 128 Å². The van der Waals surface area contributed by atoms with E-state index in [0.717, 1.165) is 21.3 Å². The molecule has 0 spiro atoms. The quantitative estimate of drug-likeness (QED) is 0.647. The molecule has 0 radical (unpaired) electrons. The number of nitrogens with one attached hydrogen (secondary N) is 1. The van der Waals surface area contributed by atoms with Crippen molar-refractivity contribution in [3.63, 3.8) is 0 Å². The molecule has 1 atom stereocenters. The summed E-state index contributed by atoms with van der Waals surface area (Å²) in [5.41, 5.74) is 6.24. The van der Waals surface area contributed by atoms with E-state index in [9.17, 15) is 0 Å². The lowest BCUT2D eigenvalue weighted by Crippen LogP contribution is -2.29. The number of benzene rings is 2. The Bertz CT molecular complexity index is 586. The second kappa shape index (κ2) is 6.88. The molecule has 0 saturated carbocycles. The highest BCUT2D eigenvalue weighted by atomic mass is 79.9. The van der Waals surface area contributed by atoms with Crippen molar-refractivity contribution in [1.82, 2.24) is 5.43 Å². The topological polar surface area (TPSA) is 47.3 Å². The minimum absolute atomic E-state index is 0.102. The average Bonchev–Trinajstić information content (AvgIpc) is 2.46. The van der Waals surface area contributed by atoms with Crippen LogP contribution in [0.3, 0.4) is 0 Å². The number of hydrogen-bond donors (Lipinski definition) is 2. The minimum Gasteiger partial charge on any atom is -0.494 e. The van der Waals surface area contributed by atoms with Crippen LogP contribution in [0.1, 0.15) is 29.7 Å². The van der Waals surface area contributed by atoms with Gasteiger partial charge in [0.1, 0.15) is 5.75 Å². The molecule has 0 aliphatic carbocycles. The number of rotatable bonds is 5. The minimum atomic E-state index is -0.102. The van der Waals surface area contributed by atoms with Crippen LogP contribution < -0.4 is 16.0 Å². The summed E-state index contributed by atoms with van der Waals surface area (Å²) in [5, 5.41) is 0. The molecule has 20 heavy (non-hydrogen) atoms. The van der Waals surface area contributed by atoms with E-state index in [-0.39, 0.29) is 6.04 Å². The van der Waals surface area contributed by atoms with Crippen LogP contribution in [0.15, 0.2) is 46.9 Å². The summed E-state index contributed by atoms with van der Waals surface area (Å²) in [6, 6.07) is 14.0. The van der Waals surface area contributed by atoms with Gasteiger partial charge in [0, 0.05) is 10.0 Å². The van der Waals surface area contributed by atoms with Gasteiger partial charge < -0.3 is 4.74 Å². The van der Waals surface area contributed by atoms with Crippen molar-refractivity contribution in [3.8, 4) is 5.75 Å². The second-order valence-electron chi connectivity index (χ2n) is 4.52. The van der Waals surface area contributed by atoms with Crippen molar-refractivity contribution >= 4 is 15.9 Å². The molecule has 2 aromatic carbocycles. The first-order chi connectivity index (χ1) is 9.69. The normalized spacial score (nSPS) is 12.2. The molecule has 0 aromatic heterocycles. The van der Waals surface area contributed by atoms with E-state index in [1.54, 1.807) is 0 Å². The molecule has 0 aliphatic rings. The third-order valence-corrected chi connectivity index (χ3v) is 4.18. The van der Waals surface area contributed by atoms with E-state index in [0.29, 0.717) is 6.61 Å².